The topological polar surface area (TPSA) is 96.6 Å². The number of aliphatic hydroxyl groups is 1. The molecule has 0 aliphatic heterocycles. The fraction of sp³-hybridized carbons (Fsp3) is 0.269. The van der Waals surface area contributed by atoms with E-state index in [2.05, 4.69) is 10.3 Å². The summed E-state index contributed by atoms with van der Waals surface area (Å²) in [5.74, 6) is 0.359. The minimum absolute atomic E-state index is 0.0525. The van der Waals surface area contributed by atoms with Crippen LogP contribution in [-0.2, 0) is 10.8 Å². The monoisotopic (exact) mass is 474 g/mol. The first-order valence-electron chi connectivity index (χ1n) is 11.5. The van der Waals surface area contributed by atoms with Crippen molar-refractivity contribution >= 4 is 22.4 Å². The third-order valence-corrected chi connectivity index (χ3v) is 7.20. The summed E-state index contributed by atoms with van der Waals surface area (Å²) < 4.78 is 15.1. The molecule has 1 atom stereocenters. The molecule has 2 aromatic heterocycles. The summed E-state index contributed by atoms with van der Waals surface area (Å²) in [5.41, 5.74) is 4.53. The zero-order chi connectivity index (χ0) is 23.5. The zero-order valence-electron chi connectivity index (χ0n) is 18.7. The smallest absolute Gasteiger partial charge is 0.251 e. The van der Waals surface area contributed by atoms with Gasteiger partial charge >= 0.3 is 0 Å². The molecule has 0 spiro atoms. The van der Waals surface area contributed by atoms with E-state index in [1.165, 1.54) is 0 Å². The largest absolute Gasteiger partial charge is 0.396 e. The van der Waals surface area contributed by atoms with Crippen molar-refractivity contribution in [1.29, 1.82) is 0 Å². The van der Waals surface area contributed by atoms with E-state index < -0.39 is 10.8 Å². The lowest BCUT2D eigenvalue weighted by Gasteiger charge is -2.10. The lowest BCUT2D eigenvalue weighted by atomic mass is 10.1. The number of rotatable bonds is 9. The van der Waals surface area contributed by atoms with Crippen molar-refractivity contribution in [3.8, 4) is 22.5 Å². The van der Waals surface area contributed by atoms with Crippen LogP contribution in [0.3, 0.4) is 0 Å². The number of aromatic nitrogens is 3. The van der Waals surface area contributed by atoms with Gasteiger partial charge in [0.15, 0.2) is 10.7 Å². The molecule has 1 aliphatic rings. The molecule has 1 saturated carbocycles. The highest BCUT2D eigenvalue weighted by Gasteiger charge is 2.24. The predicted molar refractivity (Wildman–Crippen MR) is 132 cm³/mol. The normalized spacial score (nSPS) is 14.3. The van der Waals surface area contributed by atoms with Crippen LogP contribution in [-0.4, -0.2) is 48.0 Å². The fourth-order valence-corrected chi connectivity index (χ4v) is 5.02. The summed E-state index contributed by atoms with van der Waals surface area (Å²) in [6.45, 7) is 0.0757. The molecular formula is C26H26N4O3S. The van der Waals surface area contributed by atoms with Crippen LogP contribution in [0.4, 0.5) is 0 Å². The van der Waals surface area contributed by atoms with Crippen molar-refractivity contribution < 1.29 is 14.1 Å². The molecule has 8 heteroatoms. The van der Waals surface area contributed by atoms with Crippen molar-refractivity contribution in [3.05, 3.63) is 72.6 Å². The number of imidazole rings is 1. The zero-order valence-corrected chi connectivity index (χ0v) is 19.5. The number of unbranched alkanes of at least 4 members (excludes halogenated alkanes) is 1. The highest BCUT2D eigenvalue weighted by Crippen LogP contribution is 2.28. The molecule has 7 nitrogen and oxygen atoms in total. The van der Waals surface area contributed by atoms with E-state index in [0.717, 1.165) is 29.7 Å². The van der Waals surface area contributed by atoms with Gasteiger partial charge < -0.3 is 10.4 Å². The van der Waals surface area contributed by atoms with Crippen LogP contribution >= 0.6 is 0 Å². The molecule has 2 N–H and O–H groups in total. The third kappa shape index (κ3) is 4.78. The average Bonchev–Trinajstić information content (AvgIpc) is 3.59. The molecule has 2 aromatic carbocycles. The van der Waals surface area contributed by atoms with Gasteiger partial charge in [0, 0.05) is 41.3 Å². The van der Waals surface area contributed by atoms with E-state index in [-0.39, 0.29) is 12.5 Å². The molecule has 0 saturated heterocycles. The number of carbonyl (C=O) groups is 1. The first kappa shape index (κ1) is 22.4. The van der Waals surface area contributed by atoms with Gasteiger partial charge in [-0.2, -0.15) is 0 Å². The quantitative estimate of drug-likeness (QED) is 0.359. The minimum Gasteiger partial charge on any atom is -0.396 e. The third-order valence-electron chi connectivity index (χ3n) is 5.84. The second-order valence-corrected chi connectivity index (χ2v) is 9.93. The van der Waals surface area contributed by atoms with Gasteiger partial charge in [0.2, 0.25) is 0 Å². The van der Waals surface area contributed by atoms with E-state index in [0.29, 0.717) is 46.6 Å². The molecule has 5 rings (SSSR count). The van der Waals surface area contributed by atoms with Crippen molar-refractivity contribution in [2.24, 2.45) is 0 Å². The molecule has 4 aromatic rings. The average molecular weight is 475 g/mol. The Hall–Kier alpha value is -3.36. The lowest BCUT2D eigenvalue weighted by molar-refractivity contribution is 0.0951. The molecule has 174 valence electrons. The molecule has 1 fully saturated rings. The number of hydrogen-bond donors (Lipinski definition) is 2. The van der Waals surface area contributed by atoms with Gasteiger partial charge in [-0.25, -0.2) is 9.97 Å². The van der Waals surface area contributed by atoms with Crippen molar-refractivity contribution in [2.45, 2.75) is 36.8 Å². The summed E-state index contributed by atoms with van der Waals surface area (Å²) in [6.07, 6.45) is 7.00. The number of aliphatic hydroxyl groups excluding tert-OH is 1. The predicted octanol–water partition coefficient (Wildman–Crippen LogP) is 3.84. The summed E-state index contributed by atoms with van der Waals surface area (Å²) in [4.78, 5) is 21.6. The number of hydrogen-bond acceptors (Lipinski definition) is 5. The van der Waals surface area contributed by atoms with Gasteiger partial charge in [0.1, 0.15) is 0 Å². The van der Waals surface area contributed by atoms with Gasteiger partial charge in [-0.3, -0.25) is 13.4 Å². The summed E-state index contributed by atoms with van der Waals surface area (Å²) in [7, 11) is -1.35. The van der Waals surface area contributed by atoms with Gasteiger partial charge in [-0.05, 0) is 37.8 Å². The molecule has 0 radical (unpaired) electrons. The Balaban J connectivity index is 1.54. The first-order valence-corrected chi connectivity index (χ1v) is 12.8. The molecular weight excluding hydrogens is 448 g/mol. The van der Waals surface area contributed by atoms with Crippen LogP contribution in [0.1, 0.15) is 36.0 Å². The minimum atomic E-state index is -1.35. The van der Waals surface area contributed by atoms with Crippen molar-refractivity contribution in [1.82, 2.24) is 19.7 Å². The van der Waals surface area contributed by atoms with E-state index in [1.807, 2.05) is 65.2 Å². The van der Waals surface area contributed by atoms with Gasteiger partial charge in [0.05, 0.1) is 28.4 Å². The standard InChI is InChI=1S/C26H26N4O3S/c31-14-4-5-15-34(33)26-24-27-16-23(30(24)17-22(29-26)18-6-2-1-3-7-18)19-8-10-20(11-9-19)25(32)28-21-12-13-21/h1-3,6-11,16-17,21,31H,4-5,12-15H2,(H,28,32). The second kappa shape index (κ2) is 9.87. The van der Waals surface area contributed by atoms with E-state index in [4.69, 9.17) is 10.1 Å². The summed E-state index contributed by atoms with van der Waals surface area (Å²) >= 11 is 0. The van der Waals surface area contributed by atoms with Crippen molar-refractivity contribution in [3.63, 3.8) is 0 Å². The number of carbonyl (C=O) groups excluding carboxylic acids is 1. The SMILES string of the molecule is O=C(NC1CC1)c1ccc(-c2cnc3c(S(=O)CCCCO)nc(-c4ccccc4)cn23)cc1. The molecule has 2 heterocycles. The van der Waals surface area contributed by atoms with Crippen LogP contribution in [0.5, 0.6) is 0 Å². The van der Waals surface area contributed by atoms with Gasteiger partial charge in [-0.1, -0.05) is 42.5 Å². The molecule has 0 bridgehead atoms. The van der Waals surface area contributed by atoms with E-state index in [1.54, 1.807) is 6.20 Å². The highest BCUT2D eigenvalue weighted by molar-refractivity contribution is 7.85. The highest BCUT2D eigenvalue weighted by atomic mass is 32.2. The number of nitrogens with zero attached hydrogens (tertiary/aromatic N) is 3. The van der Waals surface area contributed by atoms with E-state index in [9.17, 15) is 9.00 Å². The number of amides is 1. The van der Waals surface area contributed by atoms with Crippen LogP contribution in [0.2, 0.25) is 0 Å². The summed E-state index contributed by atoms with van der Waals surface area (Å²) in [5, 5.41) is 12.5. The van der Waals surface area contributed by atoms with Gasteiger partial charge in [-0.15, -0.1) is 0 Å². The Bertz CT molecular complexity index is 1330. The Morgan fingerprint density at radius 3 is 2.53 bits per heavy atom. The van der Waals surface area contributed by atoms with Crippen LogP contribution in [0.15, 0.2) is 72.0 Å². The Morgan fingerprint density at radius 2 is 1.82 bits per heavy atom. The Labute approximate surface area is 200 Å². The number of fused-ring (bicyclic) bond motifs is 1. The number of benzene rings is 2. The Morgan fingerprint density at radius 1 is 1.06 bits per heavy atom. The van der Waals surface area contributed by atoms with Gasteiger partial charge in [0.25, 0.3) is 5.91 Å². The molecule has 34 heavy (non-hydrogen) atoms. The maximum absolute atomic E-state index is 13.1. The van der Waals surface area contributed by atoms with Crippen LogP contribution in [0.25, 0.3) is 28.2 Å². The first-order chi connectivity index (χ1) is 16.6. The van der Waals surface area contributed by atoms with Crippen molar-refractivity contribution in [2.75, 3.05) is 12.4 Å². The summed E-state index contributed by atoms with van der Waals surface area (Å²) in [6, 6.07) is 17.5. The molecule has 1 unspecified atom stereocenters. The Kier molecular flexibility index (Phi) is 6.51. The number of nitrogens with one attached hydrogen (secondary N) is 1. The van der Waals surface area contributed by atoms with Crippen LogP contribution in [0, 0.1) is 0 Å². The fourth-order valence-electron chi connectivity index (χ4n) is 3.81. The maximum Gasteiger partial charge on any atom is 0.251 e. The van der Waals surface area contributed by atoms with E-state index >= 15 is 0 Å². The van der Waals surface area contributed by atoms with Crippen LogP contribution < -0.4 is 5.32 Å². The molecule has 1 amide bonds. The maximum atomic E-state index is 13.1. The molecule has 1 aliphatic carbocycles. The second-order valence-electron chi connectivity index (χ2n) is 8.44. The lowest BCUT2D eigenvalue weighted by Crippen LogP contribution is -2.25.